The van der Waals surface area contributed by atoms with E-state index >= 15 is 0 Å². The molecule has 0 aliphatic carbocycles. The molecule has 0 N–H and O–H groups in total. The molecule has 1 unspecified atom stereocenters. The predicted octanol–water partition coefficient (Wildman–Crippen LogP) is 3.60. The zero-order chi connectivity index (χ0) is 17.4. The van der Waals surface area contributed by atoms with Crippen molar-refractivity contribution in [2.45, 2.75) is 38.0 Å². The summed E-state index contributed by atoms with van der Waals surface area (Å²) in [6.45, 7) is 5.64. The standard InChI is InChI=1S/C20H25FN2O2/c1-15-6-7-18(25-15)13-22-10-8-20(9-11-22)19(24-2)14-23(20)17-5-3-4-16(21)12-17/h3-7,12,19H,8-11,13-14H2,1-2H3. The second kappa shape index (κ2) is 6.46. The van der Waals surface area contributed by atoms with E-state index in [-0.39, 0.29) is 17.5 Å². The van der Waals surface area contributed by atoms with E-state index in [9.17, 15) is 4.39 Å². The van der Waals surface area contributed by atoms with Gasteiger partial charge in [0.1, 0.15) is 17.3 Å². The zero-order valence-corrected chi connectivity index (χ0v) is 14.9. The van der Waals surface area contributed by atoms with Crippen LogP contribution in [0.4, 0.5) is 10.1 Å². The van der Waals surface area contributed by atoms with Crippen LogP contribution >= 0.6 is 0 Å². The lowest BCUT2D eigenvalue weighted by Gasteiger charge is -2.61. The van der Waals surface area contributed by atoms with Crippen LogP contribution in [-0.4, -0.2) is 43.3 Å². The number of rotatable bonds is 4. The second-order valence-electron chi connectivity index (χ2n) is 7.21. The number of nitrogens with zero attached hydrogens (tertiary/aromatic N) is 2. The Labute approximate surface area is 148 Å². The summed E-state index contributed by atoms with van der Waals surface area (Å²) < 4.78 is 25.1. The molecule has 4 rings (SSSR count). The molecule has 0 amide bonds. The van der Waals surface area contributed by atoms with Gasteiger partial charge in [0.15, 0.2) is 0 Å². The van der Waals surface area contributed by atoms with Crippen LogP contribution in [0.25, 0.3) is 0 Å². The molecule has 2 aliphatic heterocycles. The SMILES string of the molecule is COC1CN(c2cccc(F)c2)C12CCN(Cc1ccc(C)o1)CC2. The Balaban J connectivity index is 1.46. The van der Waals surface area contributed by atoms with Gasteiger partial charge in [-0.25, -0.2) is 4.39 Å². The van der Waals surface area contributed by atoms with Crippen LogP contribution in [0, 0.1) is 12.7 Å². The molecule has 2 fully saturated rings. The number of methoxy groups -OCH3 is 1. The van der Waals surface area contributed by atoms with Gasteiger partial charge in [-0.2, -0.15) is 0 Å². The number of benzene rings is 1. The Hall–Kier alpha value is -1.85. The Morgan fingerprint density at radius 2 is 2.04 bits per heavy atom. The first-order chi connectivity index (χ1) is 12.1. The monoisotopic (exact) mass is 344 g/mol. The number of piperidine rings is 1. The van der Waals surface area contributed by atoms with Crippen molar-refractivity contribution in [2.75, 3.05) is 31.6 Å². The summed E-state index contributed by atoms with van der Waals surface area (Å²) in [6, 6.07) is 11.0. The lowest BCUT2D eigenvalue weighted by atomic mass is 9.73. The van der Waals surface area contributed by atoms with Crippen LogP contribution in [-0.2, 0) is 11.3 Å². The molecule has 2 saturated heterocycles. The van der Waals surface area contributed by atoms with Crippen LogP contribution in [0.5, 0.6) is 0 Å². The van der Waals surface area contributed by atoms with Gasteiger partial charge in [0.2, 0.25) is 0 Å². The molecular formula is C20H25FN2O2. The number of hydrogen-bond acceptors (Lipinski definition) is 4. The second-order valence-corrected chi connectivity index (χ2v) is 7.21. The fraction of sp³-hybridized carbons (Fsp3) is 0.500. The van der Waals surface area contributed by atoms with Gasteiger partial charge in [-0.3, -0.25) is 4.90 Å². The molecule has 0 bridgehead atoms. The molecule has 134 valence electrons. The van der Waals surface area contributed by atoms with Crippen molar-refractivity contribution < 1.29 is 13.5 Å². The van der Waals surface area contributed by atoms with Crippen LogP contribution < -0.4 is 4.90 Å². The topological polar surface area (TPSA) is 28.9 Å². The number of ether oxygens (including phenoxy) is 1. The highest BCUT2D eigenvalue weighted by atomic mass is 19.1. The Morgan fingerprint density at radius 3 is 2.68 bits per heavy atom. The summed E-state index contributed by atoms with van der Waals surface area (Å²) in [4.78, 5) is 4.76. The van der Waals surface area contributed by atoms with E-state index in [1.165, 1.54) is 6.07 Å². The van der Waals surface area contributed by atoms with Gasteiger partial charge in [-0.1, -0.05) is 6.07 Å². The van der Waals surface area contributed by atoms with E-state index in [0.717, 1.165) is 56.2 Å². The first-order valence-electron chi connectivity index (χ1n) is 8.94. The van der Waals surface area contributed by atoms with Crippen molar-refractivity contribution in [1.82, 2.24) is 4.90 Å². The highest BCUT2D eigenvalue weighted by molar-refractivity contribution is 5.54. The van der Waals surface area contributed by atoms with Gasteiger partial charge in [0, 0.05) is 32.4 Å². The van der Waals surface area contributed by atoms with Crippen molar-refractivity contribution >= 4 is 5.69 Å². The van der Waals surface area contributed by atoms with Gasteiger partial charge in [-0.15, -0.1) is 0 Å². The predicted molar refractivity (Wildman–Crippen MR) is 95.2 cm³/mol. The van der Waals surface area contributed by atoms with Crippen LogP contribution in [0.3, 0.4) is 0 Å². The minimum Gasteiger partial charge on any atom is -0.465 e. The molecule has 2 aromatic rings. The van der Waals surface area contributed by atoms with E-state index in [2.05, 4.69) is 15.9 Å². The molecule has 3 heterocycles. The van der Waals surface area contributed by atoms with Gasteiger partial charge in [0.25, 0.3) is 0 Å². The Bertz CT molecular complexity index is 737. The summed E-state index contributed by atoms with van der Waals surface area (Å²) in [5.41, 5.74) is 0.946. The van der Waals surface area contributed by atoms with Crippen molar-refractivity contribution in [3.8, 4) is 0 Å². The third-order valence-corrected chi connectivity index (χ3v) is 5.79. The number of anilines is 1. The zero-order valence-electron chi connectivity index (χ0n) is 14.9. The summed E-state index contributed by atoms with van der Waals surface area (Å²) in [5.74, 6) is 1.80. The van der Waals surface area contributed by atoms with Gasteiger partial charge in [0.05, 0.1) is 18.2 Å². The molecule has 1 aromatic carbocycles. The average molecular weight is 344 g/mol. The van der Waals surface area contributed by atoms with E-state index in [1.807, 2.05) is 19.1 Å². The van der Waals surface area contributed by atoms with Crippen molar-refractivity contribution in [3.05, 3.63) is 53.7 Å². The lowest BCUT2D eigenvalue weighted by molar-refractivity contribution is -0.0478. The maximum Gasteiger partial charge on any atom is 0.125 e. The molecule has 5 heteroatoms. The summed E-state index contributed by atoms with van der Waals surface area (Å²) in [5, 5.41) is 0. The van der Waals surface area contributed by atoms with Crippen LogP contribution in [0.15, 0.2) is 40.8 Å². The smallest absolute Gasteiger partial charge is 0.125 e. The third kappa shape index (κ3) is 2.96. The van der Waals surface area contributed by atoms with Gasteiger partial charge >= 0.3 is 0 Å². The Kier molecular flexibility index (Phi) is 4.29. The quantitative estimate of drug-likeness (QED) is 0.847. The first-order valence-corrected chi connectivity index (χ1v) is 8.94. The minimum absolute atomic E-state index is 0.0157. The summed E-state index contributed by atoms with van der Waals surface area (Å²) in [7, 11) is 1.79. The maximum atomic E-state index is 13.7. The molecule has 25 heavy (non-hydrogen) atoms. The Morgan fingerprint density at radius 1 is 1.24 bits per heavy atom. The molecule has 4 nitrogen and oxygen atoms in total. The minimum atomic E-state index is -0.181. The number of halogens is 1. The van der Waals surface area contributed by atoms with E-state index in [0.29, 0.717) is 0 Å². The van der Waals surface area contributed by atoms with Gasteiger partial charge < -0.3 is 14.1 Å². The number of likely N-dealkylation sites (tertiary alicyclic amines) is 1. The van der Waals surface area contributed by atoms with Crippen LogP contribution in [0.1, 0.15) is 24.4 Å². The molecule has 1 spiro atoms. The van der Waals surface area contributed by atoms with Crippen molar-refractivity contribution in [2.24, 2.45) is 0 Å². The van der Waals surface area contributed by atoms with E-state index in [1.54, 1.807) is 19.2 Å². The molecular weight excluding hydrogens is 319 g/mol. The molecule has 1 atom stereocenters. The van der Waals surface area contributed by atoms with Crippen molar-refractivity contribution in [3.63, 3.8) is 0 Å². The maximum absolute atomic E-state index is 13.7. The normalized spacial score (nSPS) is 23.0. The molecule has 1 aromatic heterocycles. The van der Waals surface area contributed by atoms with Crippen LogP contribution in [0.2, 0.25) is 0 Å². The average Bonchev–Trinajstić information content (AvgIpc) is 3.00. The molecule has 0 saturated carbocycles. The fourth-order valence-corrected chi connectivity index (χ4v) is 4.36. The van der Waals surface area contributed by atoms with E-state index < -0.39 is 0 Å². The lowest BCUT2D eigenvalue weighted by Crippen LogP contribution is -2.74. The summed E-state index contributed by atoms with van der Waals surface area (Å²) in [6.07, 6.45) is 2.24. The first kappa shape index (κ1) is 16.6. The van der Waals surface area contributed by atoms with E-state index in [4.69, 9.17) is 9.15 Å². The highest BCUT2D eigenvalue weighted by Gasteiger charge is 2.54. The number of aryl methyl sites for hydroxylation is 1. The highest BCUT2D eigenvalue weighted by Crippen LogP contribution is 2.44. The largest absolute Gasteiger partial charge is 0.465 e. The summed E-state index contributed by atoms with van der Waals surface area (Å²) >= 11 is 0. The van der Waals surface area contributed by atoms with Gasteiger partial charge in [-0.05, 0) is 50.1 Å². The fourth-order valence-electron chi connectivity index (χ4n) is 4.36. The number of hydrogen-bond donors (Lipinski definition) is 0. The molecule has 2 aliphatic rings. The third-order valence-electron chi connectivity index (χ3n) is 5.79. The number of furan rings is 1. The van der Waals surface area contributed by atoms with Crippen molar-refractivity contribution in [1.29, 1.82) is 0 Å². The molecule has 0 radical (unpaired) electrons.